The third kappa shape index (κ3) is 4.52. The number of sulfonamides is 1. The Kier molecular flexibility index (Phi) is 6.02. The minimum atomic E-state index is -4.04. The lowest BCUT2D eigenvalue weighted by Crippen LogP contribution is -2.54. The number of nitrogens with zero attached hydrogens (tertiary/aromatic N) is 2. The molecule has 3 rings (SSSR count). The maximum Gasteiger partial charge on any atom is 0.252 e. The Labute approximate surface area is 181 Å². The standard InChI is InChI=1S/C22H25N3O5S/c1-15(26)23-16-10-12-17(13-11-16)24-20(27)14-19(21(24)28)25(22(2,3)4)31(29,30)18-8-6-5-7-9-18/h5-13,19H,14H2,1-4H3,(H,23,26). The number of anilines is 2. The van der Waals surface area contributed by atoms with Crippen molar-refractivity contribution in [1.82, 2.24) is 4.31 Å². The number of rotatable bonds is 5. The second-order valence-corrected chi connectivity index (χ2v) is 10.1. The molecule has 1 aliphatic rings. The summed E-state index contributed by atoms with van der Waals surface area (Å²) in [5.41, 5.74) is -0.104. The first kappa shape index (κ1) is 22.6. The monoisotopic (exact) mass is 443 g/mol. The van der Waals surface area contributed by atoms with Crippen LogP contribution in [0.2, 0.25) is 0 Å². The molecule has 0 aliphatic carbocycles. The van der Waals surface area contributed by atoms with Crippen LogP contribution < -0.4 is 10.2 Å². The molecule has 1 heterocycles. The zero-order valence-electron chi connectivity index (χ0n) is 17.8. The van der Waals surface area contributed by atoms with Gasteiger partial charge >= 0.3 is 0 Å². The summed E-state index contributed by atoms with van der Waals surface area (Å²) < 4.78 is 28.0. The van der Waals surface area contributed by atoms with Gasteiger partial charge < -0.3 is 5.32 Å². The Morgan fingerprint density at radius 3 is 2.13 bits per heavy atom. The Morgan fingerprint density at radius 1 is 1.03 bits per heavy atom. The zero-order valence-corrected chi connectivity index (χ0v) is 18.6. The van der Waals surface area contributed by atoms with E-state index in [0.29, 0.717) is 11.4 Å². The van der Waals surface area contributed by atoms with Crippen LogP contribution in [0.1, 0.15) is 34.1 Å². The molecule has 0 aromatic heterocycles. The highest BCUT2D eigenvalue weighted by Crippen LogP contribution is 2.34. The topological polar surface area (TPSA) is 104 Å². The van der Waals surface area contributed by atoms with Gasteiger partial charge in [-0.25, -0.2) is 13.3 Å². The van der Waals surface area contributed by atoms with E-state index in [4.69, 9.17) is 0 Å². The fraction of sp³-hybridized carbons (Fsp3) is 0.318. The summed E-state index contributed by atoms with van der Waals surface area (Å²) in [6.45, 7) is 6.45. The smallest absolute Gasteiger partial charge is 0.252 e. The number of carbonyl (C=O) groups excluding carboxylic acids is 3. The molecule has 0 saturated carbocycles. The van der Waals surface area contributed by atoms with Gasteiger partial charge in [0, 0.05) is 18.2 Å². The fourth-order valence-corrected chi connectivity index (χ4v) is 5.62. The highest BCUT2D eigenvalue weighted by molar-refractivity contribution is 7.89. The van der Waals surface area contributed by atoms with Gasteiger partial charge in [0.2, 0.25) is 21.8 Å². The Bertz CT molecular complexity index is 1110. The number of imide groups is 1. The third-order valence-electron chi connectivity index (χ3n) is 4.81. The Hall–Kier alpha value is -3.04. The van der Waals surface area contributed by atoms with Gasteiger partial charge in [0.25, 0.3) is 5.91 Å². The van der Waals surface area contributed by atoms with Crippen molar-refractivity contribution in [2.45, 2.75) is 50.6 Å². The van der Waals surface area contributed by atoms with E-state index in [-0.39, 0.29) is 17.2 Å². The summed E-state index contributed by atoms with van der Waals surface area (Å²) >= 11 is 0. The molecule has 3 amide bonds. The maximum absolute atomic E-state index is 13.4. The lowest BCUT2D eigenvalue weighted by atomic mass is 10.1. The summed E-state index contributed by atoms with van der Waals surface area (Å²) in [6, 6.07) is 12.9. The molecular formula is C22H25N3O5S. The van der Waals surface area contributed by atoms with Crippen LogP contribution in [0, 0.1) is 0 Å². The van der Waals surface area contributed by atoms with Gasteiger partial charge in [-0.1, -0.05) is 18.2 Å². The predicted octanol–water partition coefficient (Wildman–Crippen LogP) is 2.77. The van der Waals surface area contributed by atoms with E-state index in [1.807, 2.05) is 0 Å². The molecular weight excluding hydrogens is 418 g/mol. The van der Waals surface area contributed by atoms with Crippen LogP contribution in [-0.4, -0.2) is 42.0 Å². The van der Waals surface area contributed by atoms with Crippen molar-refractivity contribution in [2.24, 2.45) is 0 Å². The first-order valence-electron chi connectivity index (χ1n) is 9.77. The van der Waals surface area contributed by atoms with Gasteiger partial charge in [0.1, 0.15) is 6.04 Å². The second kappa shape index (κ2) is 8.24. The van der Waals surface area contributed by atoms with Gasteiger partial charge in [-0.2, -0.15) is 4.31 Å². The Morgan fingerprint density at radius 2 is 1.61 bits per heavy atom. The fourth-order valence-electron chi connectivity index (χ4n) is 3.67. The molecule has 1 saturated heterocycles. The van der Waals surface area contributed by atoms with Crippen molar-refractivity contribution in [3.8, 4) is 0 Å². The average molecular weight is 444 g/mol. The van der Waals surface area contributed by atoms with Crippen LogP contribution in [0.15, 0.2) is 59.5 Å². The number of nitrogens with one attached hydrogen (secondary N) is 1. The van der Waals surface area contributed by atoms with Crippen LogP contribution >= 0.6 is 0 Å². The van der Waals surface area contributed by atoms with Crippen LogP contribution in [0.5, 0.6) is 0 Å². The Balaban J connectivity index is 1.97. The number of hydrogen-bond acceptors (Lipinski definition) is 5. The van der Waals surface area contributed by atoms with E-state index in [2.05, 4.69) is 5.32 Å². The van der Waals surface area contributed by atoms with Crippen molar-refractivity contribution in [2.75, 3.05) is 10.2 Å². The summed E-state index contributed by atoms with van der Waals surface area (Å²) in [4.78, 5) is 38.3. The van der Waals surface area contributed by atoms with E-state index in [0.717, 1.165) is 9.21 Å². The first-order valence-corrected chi connectivity index (χ1v) is 11.2. The predicted molar refractivity (Wildman–Crippen MR) is 117 cm³/mol. The minimum Gasteiger partial charge on any atom is -0.326 e. The van der Waals surface area contributed by atoms with Crippen LogP contribution in [0.25, 0.3) is 0 Å². The normalized spacial score (nSPS) is 17.3. The molecule has 31 heavy (non-hydrogen) atoms. The molecule has 1 fully saturated rings. The summed E-state index contributed by atoms with van der Waals surface area (Å²) in [7, 11) is -4.04. The van der Waals surface area contributed by atoms with Crippen molar-refractivity contribution < 1.29 is 22.8 Å². The lowest BCUT2D eigenvalue weighted by Gasteiger charge is -2.37. The number of amides is 3. The molecule has 1 atom stereocenters. The molecule has 9 heteroatoms. The van der Waals surface area contributed by atoms with E-state index < -0.39 is 33.4 Å². The van der Waals surface area contributed by atoms with Gasteiger partial charge in [0.15, 0.2) is 0 Å². The van der Waals surface area contributed by atoms with Gasteiger partial charge in [-0.3, -0.25) is 14.4 Å². The molecule has 0 bridgehead atoms. The lowest BCUT2D eigenvalue weighted by molar-refractivity contribution is -0.122. The van der Waals surface area contributed by atoms with Crippen LogP contribution in [0.3, 0.4) is 0 Å². The average Bonchev–Trinajstić information content (AvgIpc) is 2.95. The SMILES string of the molecule is CC(=O)Nc1ccc(N2C(=O)CC(N(C(C)(C)C)S(=O)(=O)c3ccccc3)C2=O)cc1. The van der Waals surface area contributed by atoms with Crippen molar-refractivity contribution in [1.29, 1.82) is 0 Å². The van der Waals surface area contributed by atoms with E-state index in [1.54, 1.807) is 51.1 Å². The van der Waals surface area contributed by atoms with Crippen LogP contribution in [0.4, 0.5) is 11.4 Å². The minimum absolute atomic E-state index is 0.0586. The van der Waals surface area contributed by atoms with E-state index in [9.17, 15) is 22.8 Å². The third-order valence-corrected chi connectivity index (χ3v) is 7.00. The van der Waals surface area contributed by atoms with Gasteiger partial charge in [0.05, 0.1) is 17.0 Å². The summed E-state index contributed by atoms with van der Waals surface area (Å²) in [5, 5.41) is 2.62. The number of carbonyl (C=O) groups is 3. The maximum atomic E-state index is 13.4. The number of hydrogen-bond donors (Lipinski definition) is 1. The second-order valence-electron chi connectivity index (χ2n) is 8.30. The molecule has 1 N–H and O–H groups in total. The molecule has 2 aromatic carbocycles. The van der Waals surface area contributed by atoms with Gasteiger partial charge in [-0.05, 0) is 57.2 Å². The van der Waals surface area contributed by atoms with Crippen molar-refractivity contribution >= 4 is 39.1 Å². The van der Waals surface area contributed by atoms with E-state index >= 15 is 0 Å². The molecule has 0 spiro atoms. The van der Waals surface area contributed by atoms with Crippen molar-refractivity contribution in [3.05, 3.63) is 54.6 Å². The summed E-state index contributed by atoms with van der Waals surface area (Å²) in [5.74, 6) is -1.33. The molecule has 2 aromatic rings. The molecule has 0 radical (unpaired) electrons. The first-order chi connectivity index (χ1) is 14.4. The van der Waals surface area contributed by atoms with Crippen molar-refractivity contribution in [3.63, 3.8) is 0 Å². The van der Waals surface area contributed by atoms with E-state index in [1.165, 1.54) is 31.2 Å². The van der Waals surface area contributed by atoms with Crippen LogP contribution in [-0.2, 0) is 24.4 Å². The highest BCUT2D eigenvalue weighted by Gasteiger charge is 2.50. The largest absolute Gasteiger partial charge is 0.326 e. The number of benzene rings is 2. The quantitative estimate of drug-likeness (QED) is 0.716. The summed E-state index contributed by atoms with van der Waals surface area (Å²) in [6.07, 6.45) is -0.254. The highest BCUT2D eigenvalue weighted by atomic mass is 32.2. The van der Waals surface area contributed by atoms with Gasteiger partial charge in [-0.15, -0.1) is 0 Å². The molecule has 8 nitrogen and oxygen atoms in total. The molecule has 1 unspecified atom stereocenters. The molecule has 164 valence electrons. The zero-order chi connectivity index (χ0) is 23.0. The molecule has 1 aliphatic heterocycles.